The Morgan fingerprint density at radius 2 is 1.72 bits per heavy atom. The first-order chi connectivity index (χ1) is 8.32. The van der Waals surface area contributed by atoms with Crippen LogP contribution in [0, 0.1) is 17.8 Å². The Morgan fingerprint density at radius 3 is 2.06 bits per heavy atom. The summed E-state index contributed by atoms with van der Waals surface area (Å²) >= 11 is 0. The lowest BCUT2D eigenvalue weighted by Crippen LogP contribution is -2.30. The Morgan fingerprint density at radius 1 is 1.22 bits per heavy atom. The van der Waals surface area contributed by atoms with E-state index in [1.807, 2.05) is 13.8 Å². The first-order valence-electron chi connectivity index (χ1n) is 7.29. The lowest BCUT2D eigenvalue weighted by molar-refractivity contribution is -0.124. The van der Waals surface area contributed by atoms with Gasteiger partial charge in [0.2, 0.25) is 5.91 Å². The summed E-state index contributed by atoms with van der Waals surface area (Å²) in [6.45, 7) is 13.7. The molecule has 1 saturated heterocycles. The number of hydrogen-bond acceptors (Lipinski definition) is 2. The standard InChI is InChI=1S/C8H17NO.C7H15N/c1-6(2)5-9-8(10)7(3)4;1-7-3-5-8(2)6-4-7/h6-7H,5H2,1-4H3,(H,9,10);7H,3-6H2,1-2H3. The second kappa shape index (κ2) is 9.37. The van der Waals surface area contributed by atoms with Gasteiger partial charge >= 0.3 is 0 Å². The molecular weight excluding hydrogens is 224 g/mol. The van der Waals surface area contributed by atoms with Crippen molar-refractivity contribution in [1.82, 2.24) is 10.2 Å². The van der Waals surface area contributed by atoms with Crippen molar-refractivity contribution in [3.8, 4) is 0 Å². The van der Waals surface area contributed by atoms with Gasteiger partial charge in [0.05, 0.1) is 0 Å². The fraction of sp³-hybridized carbons (Fsp3) is 0.933. The van der Waals surface area contributed by atoms with Crippen molar-refractivity contribution < 1.29 is 4.79 Å². The minimum Gasteiger partial charge on any atom is -0.356 e. The predicted octanol–water partition coefficient (Wildman–Crippen LogP) is 2.76. The molecule has 0 spiro atoms. The highest BCUT2D eigenvalue weighted by Crippen LogP contribution is 2.13. The van der Waals surface area contributed by atoms with Crippen LogP contribution >= 0.6 is 0 Å². The number of rotatable bonds is 3. The second-order valence-corrected chi connectivity index (χ2v) is 6.28. The molecule has 0 aromatic rings. The van der Waals surface area contributed by atoms with Gasteiger partial charge in [-0.3, -0.25) is 4.79 Å². The van der Waals surface area contributed by atoms with Crippen molar-refractivity contribution in [2.75, 3.05) is 26.7 Å². The van der Waals surface area contributed by atoms with Crippen molar-refractivity contribution in [1.29, 1.82) is 0 Å². The van der Waals surface area contributed by atoms with Gasteiger partial charge in [-0.2, -0.15) is 0 Å². The molecule has 0 bridgehead atoms. The Hall–Kier alpha value is -0.570. The molecule has 1 amide bonds. The molecule has 1 aliphatic heterocycles. The number of amides is 1. The SMILES string of the molecule is CC(C)CNC(=O)C(C)C.CC1CCN(C)CC1. The summed E-state index contributed by atoms with van der Waals surface area (Å²) in [5.41, 5.74) is 0. The molecule has 108 valence electrons. The molecule has 0 atom stereocenters. The summed E-state index contributed by atoms with van der Waals surface area (Å²) < 4.78 is 0. The smallest absolute Gasteiger partial charge is 0.222 e. The zero-order valence-corrected chi connectivity index (χ0v) is 13.1. The van der Waals surface area contributed by atoms with E-state index >= 15 is 0 Å². The maximum absolute atomic E-state index is 10.9. The zero-order valence-electron chi connectivity index (χ0n) is 13.1. The first-order valence-corrected chi connectivity index (χ1v) is 7.29. The van der Waals surface area contributed by atoms with E-state index in [4.69, 9.17) is 0 Å². The van der Waals surface area contributed by atoms with Crippen molar-refractivity contribution in [3.63, 3.8) is 0 Å². The second-order valence-electron chi connectivity index (χ2n) is 6.28. The van der Waals surface area contributed by atoms with Crippen LogP contribution in [0.25, 0.3) is 0 Å². The van der Waals surface area contributed by atoms with Crippen molar-refractivity contribution in [2.24, 2.45) is 17.8 Å². The van der Waals surface area contributed by atoms with Crippen LogP contribution < -0.4 is 5.32 Å². The van der Waals surface area contributed by atoms with Gasteiger partial charge in [-0.05, 0) is 44.8 Å². The number of carbonyl (C=O) groups is 1. The van der Waals surface area contributed by atoms with Gasteiger partial charge in [0.25, 0.3) is 0 Å². The number of nitrogens with one attached hydrogen (secondary N) is 1. The highest BCUT2D eigenvalue weighted by Gasteiger charge is 2.10. The summed E-state index contributed by atoms with van der Waals surface area (Å²) in [6, 6.07) is 0. The third-order valence-electron chi connectivity index (χ3n) is 3.22. The molecule has 0 saturated carbocycles. The van der Waals surface area contributed by atoms with Crippen LogP contribution in [0.15, 0.2) is 0 Å². The highest BCUT2D eigenvalue weighted by molar-refractivity contribution is 5.77. The van der Waals surface area contributed by atoms with Crippen molar-refractivity contribution in [2.45, 2.75) is 47.5 Å². The third kappa shape index (κ3) is 9.46. The Kier molecular flexibility index (Phi) is 9.08. The summed E-state index contributed by atoms with van der Waals surface area (Å²) in [6.07, 6.45) is 2.80. The molecule has 1 aliphatic rings. The number of hydrogen-bond donors (Lipinski definition) is 1. The quantitative estimate of drug-likeness (QED) is 0.842. The monoisotopic (exact) mass is 256 g/mol. The number of piperidine rings is 1. The molecule has 3 nitrogen and oxygen atoms in total. The average molecular weight is 256 g/mol. The summed E-state index contributed by atoms with van der Waals surface area (Å²) in [7, 11) is 2.20. The minimum absolute atomic E-state index is 0.110. The van der Waals surface area contributed by atoms with Gasteiger partial charge < -0.3 is 10.2 Å². The van der Waals surface area contributed by atoms with Gasteiger partial charge in [0.1, 0.15) is 0 Å². The van der Waals surface area contributed by atoms with Crippen LogP contribution in [0.2, 0.25) is 0 Å². The molecular formula is C15H32N2O. The van der Waals surface area contributed by atoms with Crippen LogP contribution in [-0.2, 0) is 4.79 Å². The number of carbonyl (C=O) groups excluding carboxylic acids is 1. The van der Waals surface area contributed by atoms with Crippen LogP contribution in [0.5, 0.6) is 0 Å². The van der Waals surface area contributed by atoms with Gasteiger partial charge in [-0.1, -0.05) is 34.6 Å². The number of nitrogens with zero attached hydrogens (tertiary/aromatic N) is 1. The zero-order chi connectivity index (χ0) is 14.1. The Balaban J connectivity index is 0.000000327. The van der Waals surface area contributed by atoms with Crippen LogP contribution in [-0.4, -0.2) is 37.5 Å². The fourth-order valence-corrected chi connectivity index (χ4v) is 1.65. The summed E-state index contributed by atoms with van der Waals surface area (Å²) in [5, 5.41) is 2.84. The molecule has 1 heterocycles. The molecule has 0 aromatic heterocycles. The van der Waals surface area contributed by atoms with Gasteiger partial charge in [-0.25, -0.2) is 0 Å². The van der Waals surface area contributed by atoms with E-state index < -0.39 is 0 Å². The van der Waals surface area contributed by atoms with Gasteiger partial charge in [0, 0.05) is 12.5 Å². The van der Waals surface area contributed by atoms with E-state index in [1.165, 1.54) is 25.9 Å². The minimum atomic E-state index is 0.110. The van der Waals surface area contributed by atoms with Crippen molar-refractivity contribution in [3.05, 3.63) is 0 Å². The van der Waals surface area contributed by atoms with E-state index in [-0.39, 0.29) is 11.8 Å². The lowest BCUT2D eigenvalue weighted by Gasteiger charge is -2.26. The first kappa shape index (κ1) is 17.4. The molecule has 0 radical (unpaired) electrons. The van der Waals surface area contributed by atoms with Gasteiger partial charge in [-0.15, -0.1) is 0 Å². The molecule has 1 fully saturated rings. The van der Waals surface area contributed by atoms with E-state index in [9.17, 15) is 4.79 Å². The Bertz CT molecular complexity index is 209. The predicted molar refractivity (Wildman–Crippen MR) is 78.6 cm³/mol. The molecule has 0 aromatic carbocycles. The number of likely N-dealkylation sites (tertiary alicyclic amines) is 1. The van der Waals surface area contributed by atoms with E-state index in [0.717, 1.165) is 12.5 Å². The maximum Gasteiger partial charge on any atom is 0.222 e. The highest BCUT2D eigenvalue weighted by atomic mass is 16.1. The van der Waals surface area contributed by atoms with Gasteiger partial charge in [0.15, 0.2) is 0 Å². The molecule has 18 heavy (non-hydrogen) atoms. The molecule has 0 unspecified atom stereocenters. The van der Waals surface area contributed by atoms with Crippen molar-refractivity contribution >= 4 is 5.91 Å². The Labute approximate surface area is 113 Å². The lowest BCUT2D eigenvalue weighted by atomic mass is 10.00. The van der Waals surface area contributed by atoms with E-state index in [0.29, 0.717) is 5.92 Å². The topological polar surface area (TPSA) is 32.3 Å². The summed E-state index contributed by atoms with van der Waals surface area (Å²) in [5.74, 6) is 1.78. The average Bonchev–Trinajstić information content (AvgIpc) is 2.30. The van der Waals surface area contributed by atoms with Crippen LogP contribution in [0.4, 0.5) is 0 Å². The fourth-order valence-electron chi connectivity index (χ4n) is 1.65. The summed E-state index contributed by atoms with van der Waals surface area (Å²) in [4.78, 5) is 13.3. The van der Waals surface area contributed by atoms with Crippen LogP contribution in [0.3, 0.4) is 0 Å². The molecule has 3 heteroatoms. The normalized spacial score (nSPS) is 17.6. The van der Waals surface area contributed by atoms with E-state index in [1.54, 1.807) is 0 Å². The largest absolute Gasteiger partial charge is 0.356 e. The van der Waals surface area contributed by atoms with Crippen LogP contribution in [0.1, 0.15) is 47.5 Å². The molecule has 0 aliphatic carbocycles. The third-order valence-corrected chi connectivity index (χ3v) is 3.22. The molecule has 1 rings (SSSR count). The maximum atomic E-state index is 10.9. The van der Waals surface area contributed by atoms with E-state index in [2.05, 4.69) is 38.0 Å². The molecule has 1 N–H and O–H groups in total.